The van der Waals surface area contributed by atoms with Crippen molar-refractivity contribution in [1.82, 2.24) is 4.98 Å². The van der Waals surface area contributed by atoms with Crippen LogP contribution in [-0.2, 0) is 12.8 Å². The van der Waals surface area contributed by atoms with Crippen LogP contribution < -0.4 is 11.1 Å². The lowest BCUT2D eigenvalue weighted by molar-refractivity contribution is 0.0999. The number of pyridine rings is 1. The number of nitrogens with zero attached hydrogens (tertiary/aromatic N) is 1. The molecule has 0 fully saturated rings. The predicted molar refractivity (Wildman–Crippen MR) is 157 cm³/mol. The van der Waals surface area contributed by atoms with Crippen molar-refractivity contribution in [2.75, 3.05) is 5.32 Å². The molecule has 5 rings (SSSR count). The number of aryl methyl sites for hydroxylation is 2. The van der Waals surface area contributed by atoms with Gasteiger partial charge in [0, 0.05) is 15.8 Å². The Balaban J connectivity index is 1.55. The Labute approximate surface area is 228 Å². The summed E-state index contributed by atoms with van der Waals surface area (Å²) in [7, 11) is 0. The molecule has 0 bridgehead atoms. The van der Waals surface area contributed by atoms with E-state index in [9.17, 15) is 9.59 Å². The highest BCUT2D eigenvalue weighted by atomic mass is 32.1. The molecule has 3 N–H and O–H groups in total. The van der Waals surface area contributed by atoms with Crippen LogP contribution in [0, 0.1) is 25.2 Å². The second-order valence-electron chi connectivity index (χ2n) is 11.2. The van der Waals surface area contributed by atoms with Gasteiger partial charge in [0.1, 0.15) is 5.00 Å². The van der Waals surface area contributed by atoms with Crippen LogP contribution in [0.25, 0.3) is 22.2 Å². The highest BCUT2D eigenvalue weighted by molar-refractivity contribution is 7.17. The van der Waals surface area contributed by atoms with Crippen molar-refractivity contribution in [1.29, 1.82) is 0 Å². The molecule has 0 saturated carbocycles. The number of thiophene rings is 1. The van der Waals surface area contributed by atoms with Gasteiger partial charge in [-0.15, -0.1) is 11.3 Å². The Hall–Kier alpha value is -3.51. The largest absolute Gasteiger partial charge is 0.365 e. The molecule has 2 aromatic carbocycles. The van der Waals surface area contributed by atoms with Gasteiger partial charge in [-0.25, -0.2) is 4.98 Å². The Morgan fingerprint density at radius 3 is 2.61 bits per heavy atom. The molecular weight excluding hydrogens is 490 g/mol. The molecule has 4 aromatic rings. The van der Waals surface area contributed by atoms with Crippen LogP contribution >= 0.6 is 11.3 Å². The molecule has 196 valence electrons. The van der Waals surface area contributed by atoms with Gasteiger partial charge in [0.2, 0.25) is 0 Å². The third-order valence-corrected chi connectivity index (χ3v) is 9.54. The minimum absolute atomic E-state index is 0.221. The number of amides is 2. The first-order chi connectivity index (χ1) is 18.1. The van der Waals surface area contributed by atoms with Gasteiger partial charge in [0.05, 0.1) is 22.3 Å². The number of nitrogens with one attached hydrogen (secondary N) is 1. The van der Waals surface area contributed by atoms with Gasteiger partial charge in [-0.3, -0.25) is 9.59 Å². The van der Waals surface area contributed by atoms with E-state index in [1.54, 1.807) is 0 Å². The molecule has 1 atom stereocenters. The number of carbonyl (C=O) groups is 2. The molecule has 0 radical (unpaired) electrons. The standard InChI is InChI=1S/C32H35N3O2S/c1-6-32(4,5)20-12-14-23-27(16-20)38-31(28(23)29(33)36)35-30(37)24-17-26(21-13-11-18(2)15-19(21)3)34-25-10-8-7-9-22(24)25/h7-11,13,15,17,20H,6,12,14,16H2,1-5H3,(H2,33,36)(H,35,37). The summed E-state index contributed by atoms with van der Waals surface area (Å²) in [4.78, 5) is 32.5. The first-order valence-electron chi connectivity index (χ1n) is 13.3. The molecular formula is C32H35N3O2S. The maximum Gasteiger partial charge on any atom is 0.257 e. The Morgan fingerprint density at radius 1 is 1.13 bits per heavy atom. The molecule has 2 aromatic heterocycles. The quantitative estimate of drug-likeness (QED) is 0.274. The van der Waals surface area contributed by atoms with E-state index >= 15 is 0 Å². The highest BCUT2D eigenvalue weighted by Gasteiger charge is 2.35. The fourth-order valence-electron chi connectivity index (χ4n) is 5.66. The minimum Gasteiger partial charge on any atom is -0.365 e. The summed E-state index contributed by atoms with van der Waals surface area (Å²) < 4.78 is 0. The van der Waals surface area contributed by atoms with Crippen molar-refractivity contribution in [2.45, 2.75) is 60.3 Å². The average molecular weight is 526 g/mol. The monoisotopic (exact) mass is 525 g/mol. The molecule has 0 saturated heterocycles. The fraction of sp³-hybridized carbons (Fsp3) is 0.344. The van der Waals surface area contributed by atoms with E-state index < -0.39 is 5.91 Å². The van der Waals surface area contributed by atoms with Crippen LogP contribution in [0.3, 0.4) is 0 Å². The van der Waals surface area contributed by atoms with E-state index in [-0.39, 0.29) is 11.3 Å². The molecule has 5 nitrogen and oxygen atoms in total. The number of anilines is 1. The summed E-state index contributed by atoms with van der Waals surface area (Å²) in [5.74, 6) is -0.213. The van der Waals surface area contributed by atoms with Gasteiger partial charge < -0.3 is 11.1 Å². The zero-order chi connectivity index (χ0) is 27.2. The molecule has 38 heavy (non-hydrogen) atoms. The number of primary amides is 1. The normalized spacial score (nSPS) is 15.3. The number of benzene rings is 2. The van der Waals surface area contributed by atoms with Crippen LogP contribution in [0.1, 0.15) is 75.9 Å². The lowest BCUT2D eigenvalue weighted by atomic mass is 9.69. The summed E-state index contributed by atoms with van der Waals surface area (Å²) in [6, 6.07) is 15.8. The Kier molecular flexibility index (Phi) is 6.86. The first-order valence-corrected chi connectivity index (χ1v) is 14.1. The SMILES string of the molecule is CCC(C)(C)C1CCc2c(sc(NC(=O)c3cc(-c4ccc(C)cc4C)nc4ccccc34)c2C(N)=O)C1. The van der Waals surface area contributed by atoms with Crippen molar-refractivity contribution in [3.05, 3.63) is 81.2 Å². The summed E-state index contributed by atoms with van der Waals surface area (Å²) in [5.41, 5.74) is 12.9. The van der Waals surface area contributed by atoms with Crippen molar-refractivity contribution >= 4 is 39.1 Å². The molecule has 1 unspecified atom stereocenters. The number of rotatable bonds is 6. The van der Waals surface area contributed by atoms with Crippen LogP contribution in [0.4, 0.5) is 5.00 Å². The van der Waals surface area contributed by atoms with Crippen LogP contribution in [-0.4, -0.2) is 16.8 Å². The molecule has 0 spiro atoms. The zero-order valence-electron chi connectivity index (χ0n) is 22.8. The number of nitrogens with two attached hydrogens (primary N) is 1. The van der Waals surface area contributed by atoms with Gasteiger partial charge >= 0.3 is 0 Å². The molecule has 2 amide bonds. The average Bonchev–Trinajstić information content (AvgIpc) is 3.25. The summed E-state index contributed by atoms with van der Waals surface area (Å²) in [6.45, 7) is 11.0. The van der Waals surface area contributed by atoms with Crippen LogP contribution in [0.15, 0.2) is 48.5 Å². The maximum atomic E-state index is 13.8. The molecule has 1 aliphatic rings. The van der Waals surface area contributed by atoms with E-state index in [2.05, 4.69) is 58.1 Å². The summed E-state index contributed by atoms with van der Waals surface area (Å²) in [5, 5.41) is 4.40. The molecule has 1 aliphatic carbocycles. The number of hydrogen-bond donors (Lipinski definition) is 2. The highest BCUT2D eigenvalue weighted by Crippen LogP contribution is 2.45. The van der Waals surface area contributed by atoms with E-state index in [0.717, 1.165) is 59.0 Å². The molecule has 2 heterocycles. The number of para-hydroxylation sites is 1. The fourth-order valence-corrected chi connectivity index (χ4v) is 6.99. The predicted octanol–water partition coefficient (Wildman–Crippen LogP) is 7.47. The first kappa shape index (κ1) is 26.1. The molecule has 0 aliphatic heterocycles. The van der Waals surface area contributed by atoms with Crippen molar-refractivity contribution in [2.24, 2.45) is 17.1 Å². The summed E-state index contributed by atoms with van der Waals surface area (Å²) >= 11 is 1.51. The number of carbonyl (C=O) groups excluding carboxylic acids is 2. The second kappa shape index (κ2) is 9.99. The molecule has 6 heteroatoms. The van der Waals surface area contributed by atoms with Gasteiger partial charge in [0.25, 0.3) is 11.8 Å². The van der Waals surface area contributed by atoms with Gasteiger partial charge in [-0.2, -0.15) is 0 Å². The maximum absolute atomic E-state index is 13.8. The topological polar surface area (TPSA) is 85.1 Å². The number of hydrogen-bond acceptors (Lipinski definition) is 4. The van der Waals surface area contributed by atoms with Gasteiger partial charge in [0.15, 0.2) is 0 Å². The third kappa shape index (κ3) is 4.73. The smallest absolute Gasteiger partial charge is 0.257 e. The minimum atomic E-state index is -0.485. The van der Waals surface area contributed by atoms with E-state index in [1.807, 2.05) is 30.3 Å². The Morgan fingerprint density at radius 2 is 1.89 bits per heavy atom. The van der Waals surface area contributed by atoms with Gasteiger partial charge in [-0.1, -0.05) is 69.2 Å². The van der Waals surface area contributed by atoms with E-state index in [4.69, 9.17) is 10.7 Å². The number of aromatic nitrogens is 1. The number of fused-ring (bicyclic) bond motifs is 2. The lowest BCUT2D eigenvalue weighted by Gasteiger charge is -2.36. The van der Waals surface area contributed by atoms with Crippen molar-refractivity contribution < 1.29 is 9.59 Å². The van der Waals surface area contributed by atoms with E-state index in [1.165, 1.54) is 21.8 Å². The van der Waals surface area contributed by atoms with Crippen LogP contribution in [0.5, 0.6) is 0 Å². The lowest BCUT2D eigenvalue weighted by Crippen LogP contribution is -2.29. The third-order valence-electron chi connectivity index (χ3n) is 8.37. The van der Waals surface area contributed by atoms with Gasteiger partial charge in [-0.05, 0) is 67.7 Å². The van der Waals surface area contributed by atoms with Crippen LogP contribution in [0.2, 0.25) is 0 Å². The van der Waals surface area contributed by atoms with Crippen molar-refractivity contribution in [3.63, 3.8) is 0 Å². The second-order valence-corrected chi connectivity index (χ2v) is 12.3. The van der Waals surface area contributed by atoms with Crippen molar-refractivity contribution in [3.8, 4) is 11.3 Å². The zero-order valence-corrected chi connectivity index (χ0v) is 23.6. The van der Waals surface area contributed by atoms with E-state index in [0.29, 0.717) is 22.0 Å². The summed E-state index contributed by atoms with van der Waals surface area (Å²) in [6.07, 6.45) is 3.84. The Bertz CT molecular complexity index is 1570.